The maximum absolute atomic E-state index is 12.5. The molecular formula is C18H21ClN2O4S2. The number of benzene rings is 1. The molecule has 1 aromatic heterocycles. The molecule has 27 heavy (non-hydrogen) atoms. The number of rotatable bonds is 7. The summed E-state index contributed by atoms with van der Waals surface area (Å²) in [4.78, 5) is 14.1. The van der Waals surface area contributed by atoms with Crippen LogP contribution in [0.4, 0.5) is 0 Å². The van der Waals surface area contributed by atoms with Crippen LogP contribution in [0.3, 0.4) is 0 Å². The quantitative estimate of drug-likeness (QED) is 0.635. The van der Waals surface area contributed by atoms with Crippen molar-refractivity contribution in [2.75, 3.05) is 32.8 Å². The first-order valence-electron chi connectivity index (χ1n) is 8.67. The Bertz CT molecular complexity index is 863. The number of nitrogens with zero attached hydrogens (tertiary/aromatic N) is 2. The number of carbonyl (C=O) groups excluding carboxylic acids is 1. The molecule has 2 aromatic rings. The van der Waals surface area contributed by atoms with Gasteiger partial charge in [-0.15, -0.1) is 11.3 Å². The minimum Gasteiger partial charge on any atom is -0.492 e. The topological polar surface area (TPSA) is 66.9 Å². The Hall–Kier alpha value is -1.61. The third-order valence-corrected chi connectivity index (χ3v) is 7.89. The van der Waals surface area contributed by atoms with Crippen LogP contribution in [0.15, 0.2) is 46.0 Å². The molecule has 3 rings (SSSR count). The predicted octanol–water partition coefficient (Wildman–Crippen LogP) is 3.09. The molecule has 146 valence electrons. The molecule has 0 unspecified atom stereocenters. The van der Waals surface area contributed by atoms with Crippen LogP contribution in [-0.4, -0.2) is 56.3 Å². The van der Waals surface area contributed by atoms with Crippen LogP contribution in [0.2, 0.25) is 5.02 Å². The fourth-order valence-electron chi connectivity index (χ4n) is 2.84. The van der Waals surface area contributed by atoms with Crippen molar-refractivity contribution in [1.29, 1.82) is 0 Å². The van der Waals surface area contributed by atoms with Crippen LogP contribution in [-0.2, 0) is 14.8 Å². The first-order valence-corrected chi connectivity index (χ1v) is 11.4. The second kappa shape index (κ2) is 9.05. The Labute approximate surface area is 168 Å². The molecule has 9 heteroatoms. The maximum atomic E-state index is 12.5. The summed E-state index contributed by atoms with van der Waals surface area (Å²) in [6.07, 6.45) is 0.944. The molecule has 2 heterocycles. The summed E-state index contributed by atoms with van der Waals surface area (Å²) in [5.41, 5.74) is 0. The van der Waals surface area contributed by atoms with Gasteiger partial charge < -0.3 is 9.64 Å². The lowest BCUT2D eigenvalue weighted by molar-refractivity contribution is -0.132. The minimum atomic E-state index is -3.44. The van der Waals surface area contributed by atoms with Crippen molar-refractivity contribution in [3.05, 3.63) is 46.8 Å². The summed E-state index contributed by atoms with van der Waals surface area (Å²) >= 11 is 7.23. The third-order valence-electron chi connectivity index (χ3n) is 4.31. The van der Waals surface area contributed by atoms with E-state index in [-0.39, 0.29) is 5.91 Å². The second-order valence-electron chi connectivity index (χ2n) is 6.10. The number of hydrogen-bond acceptors (Lipinski definition) is 5. The third kappa shape index (κ3) is 5.01. The standard InChI is InChI=1S/C18H21ClN2O4S2/c19-15-5-1-2-6-16(15)25-13-3-7-17(22)20-9-11-21(12-10-20)27(23,24)18-8-4-14-26-18/h1-2,4-6,8,14H,3,7,9-13H2. The van der Waals surface area contributed by atoms with E-state index in [1.54, 1.807) is 34.5 Å². The molecule has 0 saturated carbocycles. The van der Waals surface area contributed by atoms with Crippen molar-refractivity contribution in [3.63, 3.8) is 0 Å². The van der Waals surface area contributed by atoms with Gasteiger partial charge in [-0.1, -0.05) is 29.8 Å². The smallest absolute Gasteiger partial charge is 0.252 e. The van der Waals surface area contributed by atoms with Gasteiger partial charge in [0.25, 0.3) is 10.0 Å². The molecule has 1 aliphatic rings. The first-order chi connectivity index (χ1) is 13.0. The summed E-state index contributed by atoms with van der Waals surface area (Å²) in [6.45, 7) is 1.87. The number of sulfonamides is 1. The van der Waals surface area contributed by atoms with Crippen LogP contribution >= 0.6 is 22.9 Å². The Morgan fingerprint density at radius 1 is 1.11 bits per heavy atom. The molecule has 1 amide bonds. The number of piperazine rings is 1. The van der Waals surface area contributed by atoms with E-state index in [9.17, 15) is 13.2 Å². The summed E-state index contributed by atoms with van der Waals surface area (Å²) in [5.74, 6) is 0.630. The van der Waals surface area contributed by atoms with E-state index in [0.717, 1.165) is 0 Å². The normalized spacial score (nSPS) is 15.7. The zero-order valence-electron chi connectivity index (χ0n) is 14.7. The lowest BCUT2D eigenvalue weighted by Gasteiger charge is -2.33. The average Bonchev–Trinajstić information content (AvgIpc) is 3.22. The number of thiophene rings is 1. The molecule has 0 atom stereocenters. The first kappa shape index (κ1) is 20.1. The summed E-state index contributed by atoms with van der Waals surface area (Å²) in [7, 11) is -3.44. The van der Waals surface area contributed by atoms with E-state index in [0.29, 0.717) is 60.6 Å². The van der Waals surface area contributed by atoms with E-state index < -0.39 is 10.0 Å². The summed E-state index contributed by atoms with van der Waals surface area (Å²) in [5, 5.41) is 2.30. The van der Waals surface area contributed by atoms with E-state index >= 15 is 0 Å². The maximum Gasteiger partial charge on any atom is 0.252 e. The van der Waals surface area contributed by atoms with Crippen LogP contribution in [0.25, 0.3) is 0 Å². The molecule has 0 radical (unpaired) electrons. The highest BCUT2D eigenvalue weighted by Gasteiger charge is 2.30. The van der Waals surface area contributed by atoms with E-state index in [4.69, 9.17) is 16.3 Å². The van der Waals surface area contributed by atoms with Crippen LogP contribution in [0.1, 0.15) is 12.8 Å². The molecule has 0 N–H and O–H groups in total. The van der Waals surface area contributed by atoms with Gasteiger partial charge in [0.2, 0.25) is 5.91 Å². The number of para-hydroxylation sites is 1. The Kier molecular flexibility index (Phi) is 6.75. The van der Waals surface area contributed by atoms with Crippen molar-refractivity contribution in [2.24, 2.45) is 0 Å². The molecule has 1 aliphatic heterocycles. The second-order valence-corrected chi connectivity index (χ2v) is 9.62. The zero-order valence-corrected chi connectivity index (χ0v) is 17.1. The summed E-state index contributed by atoms with van der Waals surface area (Å²) in [6, 6.07) is 10.6. The number of carbonyl (C=O) groups is 1. The average molecular weight is 429 g/mol. The summed E-state index contributed by atoms with van der Waals surface area (Å²) < 4.78 is 32.4. The number of ether oxygens (including phenoxy) is 1. The van der Waals surface area contributed by atoms with Gasteiger partial charge in [0.1, 0.15) is 9.96 Å². The van der Waals surface area contributed by atoms with Gasteiger partial charge in [-0.2, -0.15) is 4.31 Å². The van der Waals surface area contributed by atoms with Crippen LogP contribution in [0.5, 0.6) is 5.75 Å². The van der Waals surface area contributed by atoms with Crippen molar-refractivity contribution < 1.29 is 17.9 Å². The molecule has 6 nitrogen and oxygen atoms in total. The van der Waals surface area contributed by atoms with E-state index in [2.05, 4.69) is 0 Å². The fraction of sp³-hybridized carbons (Fsp3) is 0.389. The van der Waals surface area contributed by atoms with Gasteiger partial charge in [0.15, 0.2) is 0 Å². The highest BCUT2D eigenvalue weighted by atomic mass is 35.5. The largest absolute Gasteiger partial charge is 0.492 e. The highest BCUT2D eigenvalue weighted by molar-refractivity contribution is 7.91. The Morgan fingerprint density at radius 3 is 2.52 bits per heavy atom. The minimum absolute atomic E-state index is 0.0194. The van der Waals surface area contributed by atoms with Crippen molar-refractivity contribution in [1.82, 2.24) is 9.21 Å². The molecule has 0 bridgehead atoms. The van der Waals surface area contributed by atoms with Gasteiger partial charge >= 0.3 is 0 Å². The van der Waals surface area contributed by atoms with Crippen LogP contribution < -0.4 is 4.74 Å². The monoisotopic (exact) mass is 428 g/mol. The number of halogens is 1. The molecule has 1 saturated heterocycles. The lowest BCUT2D eigenvalue weighted by Crippen LogP contribution is -2.50. The molecule has 0 aliphatic carbocycles. The van der Waals surface area contributed by atoms with E-state index in [1.807, 2.05) is 12.1 Å². The van der Waals surface area contributed by atoms with Crippen LogP contribution in [0, 0.1) is 0 Å². The molecule has 1 aromatic carbocycles. The predicted molar refractivity (Wildman–Crippen MR) is 106 cm³/mol. The number of amides is 1. The molecule has 1 fully saturated rings. The molecule has 0 spiro atoms. The van der Waals surface area contributed by atoms with Crippen molar-refractivity contribution in [2.45, 2.75) is 17.1 Å². The van der Waals surface area contributed by atoms with Gasteiger partial charge in [-0.25, -0.2) is 8.42 Å². The Balaban J connectivity index is 1.42. The highest BCUT2D eigenvalue weighted by Crippen LogP contribution is 2.24. The molecular weight excluding hydrogens is 408 g/mol. The van der Waals surface area contributed by atoms with Gasteiger partial charge in [0.05, 0.1) is 11.6 Å². The number of hydrogen-bond donors (Lipinski definition) is 0. The Morgan fingerprint density at radius 2 is 1.85 bits per heavy atom. The SMILES string of the molecule is O=C(CCCOc1ccccc1Cl)N1CCN(S(=O)(=O)c2cccs2)CC1. The van der Waals surface area contributed by atoms with Crippen molar-refractivity contribution >= 4 is 38.9 Å². The zero-order chi connectivity index (χ0) is 19.3. The van der Waals surface area contributed by atoms with Gasteiger partial charge in [-0.3, -0.25) is 4.79 Å². The van der Waals surface area contributed by atoms with Gasteiger partial charge in [0, 0.05) is 32.6 Å². The lowest BCUT2D eigenvalue weighted by atomic mass is 10.2. The fourth-order valence-corrected chi connectivity index (χ4v) is 5.60. The van der Waals surface area contributed by atoms with Gasteiger partial charge in [-0.05, 0) is 30.0 Å². The van der Waals surface area contributed by atoms with Crippen molar-refractivity contribution in [3.8, 4) is 5.75 Å². The van der Waals surface area contributed by atoms with E-state index in [1.165, 1.54) is 15.6 Å².